The summed E-state index contributed by atoms with van der Waals surface area (Å²) in [4.78, 5) is 11.8. The molecule has 4 nitrogen and oxygen atoms in total. The number of rotatable bonds is 4. The Morgan fingerprint density at radius 1 is 1.35 bits per heavy atom. The molecule has 0 heterocycles. The summed E-state index contributed by atoms with van der Waals surface area (Å²) in [6.45, 7) is -0.0171. The molecule has 0 bridgehead atoms. The molecule has 7 heteroatoms. The van der Waals surface area contributed by atoms with Crippen molar-refractivity contribution in [2.45, 2.75) is 44.4 Å². The minimum Gasteiger partial charge on any atom is -0.496 e. The molecule has 2 aliphatic carbocycles. The second kappa shape index (κ2) is 5.62. The SMILES string of the molecule is COc1c(CNC(=O)NC2CC3(CC3)C2)cccc1C(F)(F)F. The minimum atomic E-state index is -4.49. The van der Waals surface area contributed by atoms with E-state index in [0.29, 0.717) is 11.0 Å². The number of para-hydroxylation sites is 1. The molecule has 1 aromatic carbocycles. The number of benzene rings is 1. The molecule has 2 fully saturated rings. The van der Waals surface area contributed by atoms with Crippen LogP contribution in [-0.4, -0.2) is 19.2 Å². The highest BCUT2D eigenvalue weighted by Gasteiger charge is 2.53. The van der Waals surface area contributed by atoms with Gasteiger partial charge in [-0.1, -0.05) is 12.1 Å². The lowest BCUT2D eigenvalue weighted by molar-refractivity contribution is -0.138. The first-order valence-electron chi connectivity index (χ1n) is 7.60. The quantitative estimate of drug-likeness (QED) is 0.889. The lowest BCUT2D eigenvalue weighted by Gasteiger charge is -2.36. The molecule has 0 atom stereocenters. The highest BCUT2D eigenvalue weighted by Crippen LogP contribution is 2.60. The Balaban J connectivity index is 1.58. The molecule has 2 saturated carbocycles. The van der Waals surface area contributed by atoms with Crippen molar-refractivity contribution >= 4 is 6.03 Å². The van der Waals surface area contributed by atoms with Crippen molar-refractivity contribution in [3.63, 3.8) is 0 Å². The minimum absolute atomic E-state index is 0.0171. The molecule has 0 aromatic heterocycles. The van der Waals surface area contributed by atoms with Crippen LogP contribution in [-0.2, 0) is 12.7 Å². The van der Waals surface area contributed by atoms with E-state index in [-0.39, 0.29) is 24.4 Å². The van der Waals surface area contributed by atoms with E-state index < -0.39 is 11.7 Å². The molecule has 0 aliphatic heterocycles. The Bertz CT molecular complexity index is 604. The van der Waals surface area contributed by atoms with E-state index in [2.05, 4.69) is 10.6 Å². The van der Waals surface area contributed by atoms with E-state index >= 15 is 0 Å². The van der Waals surface area contributed by atoms with Gasteiger partial charge in [0, 0.05) is 18.2 Å². The Labute approximate surface area is 132 Å². The predicted octanol–water partition coefficient (Wildman–Crippen LogP) is 3.46. The van der Waals surface area contributed by atoms with Crippen molar-refractivity contribution in [2.75, 3.05) is 7.11 Å². The molecule has 0 unspecified atom stereocenters. The smallest absolute Gasteiger partial charge is 0.419 e. The zero-order valence-corrected chi connectivity index (χ0v) is 12.8. The average Bonchev–Trinajstić information content (AvgIpc) is 3.23. The van der Waals surface area contributed by atoms with E-state index in [1.165, 1.54) is 32.1 Å². The third-order valence-corrected chi connectivity index (χ3v) is 4.70. The van der Waals surface area contributed by atoms with Gasteiger partial charge < -0.3 is 15.4 Å². The fourth-order valence-corrected chi connectivity index (χ4v) is 3.27. The molecule has 23 heavy (non-hydrogen) atoms. The molecule has 126 valence electrons. The van der Waals surface area contributed by atoms with Crippen LogP contribution in [0.1, 0.15) is 36.8 Å². The standard InChI is InChI=1S/C16H19F3N2O2/c1-23-13-10(3-2-4-12(13)16(17,18)19)9-20-14(22)21-11-7-15(8-11)5-6-15/h2-4,11H,5-9H2,1H3,(H2,20,21,22). The number of carbonyl (C=O) groups excluding carboxylic acids is 1. The van der Waals surface area contributed by atoms with E-state index in [1.807, 2.05) is 0 Å². The van der Waals surface area contributed by atoms with Crippen molar-refractivity contribution in [2.24, 2.45) is 5.41 Å². The molecule has 2 aliphatic rings. The highest BCUT2D eigenvalue weighted by atomic mass is 19.4. The fraction of sp³-hybridized carbons (Fsp3) is 0.562. The molecule has 3 rings (SSSR count). The van der Waals surface area contributed by atoms with E-state index in [4.69, 9.17) is 4.74 Å². The van der Waals surface area contributed by atoms with E-state index in [0.717, 1.165) is 18.9 Å². The number of hydrogen-bond acceptors (Lipinski definition) is 2. The fourth-order valence-electron chi connectivity index (χ4n) is 3.27. The van der Waals surface area contributed by atoms with Crippen LogP contribution >= 0.6 is 0 Å². The number of methoxy groups -OCH3 is 1. The summed E-state index contributed by atoms with van der Waals surface area (Å²) in [5.41, 5.74) is -0.0542. The monoisotopic (exact) mass is 328 g/mol. The largest absolute Gasteiger partial charge is 0.496 e. The maximum Gasteiger partial charge on any atom is 0.419 e. The number of halogens is 3. The number of ether oxygens (including phenoxy) is 1. The molecule has 1 spiro atoms. The normalized spacial score (nSPS) is 19.1. The van der Waals surface area contributed by atoms with Crippen molar-refractivity contribution in [3.05, 3.63) is 29.3 Å². The summed E-state index contributed by atoms with van der Waals surface area (Å²) >= 11 is 0. The summed E-state index contributed by atoms with van der Waals surface area (Å²) < 4.78 is 43.7. The third kappa shape index (κ3) is 3.38. The van der Waals surface area contributed by atoms with Crippen LogP contribution in [0.15, 0.2) is 18.2 Å². The summed E-state index contributed by atoms with van der Waals surface area (Å²) in [7, 11) is 1.19. The lowest BCUT2D eigenvalue weighted by atomic mass is 9.77. The van der Waals surface area contributed by atoms with Gasteiger partial charge in [-0.2, -0.15) is 13.2 Å². The van der Waals surface area contributed by atoms with Gasteiger partial charge in [0.2, 0.25) is 0 Å². The van der Waals surface area contributed by atoms with Crippen LogP contribution in [0, 0.1) is 5.41 Å². The number of nitrogens with one attached hydrogen (secondary N) is 2. The number of hydrogen-bond donors (Lipinski definition) is 2. The van der Waals surface area contributed by atoms with Crippen molar-refractivity contribution in [1.82, 2.24) is 10.6 Å². The van der Waals surface area contributed by atoms with Crippen molar-refractivity contribution in [1.29, 1.82) is 0 Å². The summed E-state index contributed by atoms with van der Waals surface area (Å²) in [6, 6.07) is 3.61. The summed E-state index contributed by atoms with van der Waals surface area (Å²) in [5, 5.41) is 5.45. The van der Waals surface area contributed by atoms with Crippen LogP contribution in [0.4, 0.5) is 18.0 Å². The average molecular weight is 328 g/mol. The number of alkyl halides is 3. The maximum absolute atomic E-state index is 12.9. The number of carbonyl (C=O) groups is 1. The third-order valence-electron chi connectivity index (χ3n) is 4.70. The second-order valence-corrected chi connectivity index (χ2v) is 6.43. The van der Waals surface area contributed by atoms with Crippen LogP contribution < -0.4 is 15.4 Å². The molecule has 2 N–H and O–H groups in total. The van der Waals surface area contributed by atoms with E-state index in [9.17, 15) is 18.0 Å². The van der Waals surface area contributed by atoms with E-state index in [1.54, 1.807) is 0 Å². The Morgan fingerprint density at radius 3 is 2.61 bits per heavy atom. The van der Waals surface area contributed by atoms with Crippen molar-refractivity contribution in [3.8, 4) is 5.75 Å². The highest BCUT2D eigenvalue weighted by molar-refractivity contribution is 5.74. The van der Waals surface area contributed by atoms with Crippen molar-refractivity contribution < 1.29 is 22.7 Å². The first-order chi connectivity index (χ1) is 10.8. The van der Waals surface area contributed by atoms with Gasteiger partial charge in [0.15, 0.2) is 0 Å². The van der Waals surface area contributed by atoms with Gasteiger partial charge >= 0.3 is 12.2 Å². The Kier molecular flexibility index (Phi) is 3.90. The van der Waals surface area contributed by atoms with Gasteiger partial charge in [0.1, 0.15) is 5.75 Å². The predicted molar refractivity (Wildman–Crippen MR) is 78.1 cm³/mol. The molecular formula is C16H19F3N2O2. The van der Waals surface area contributed by atoms with Gasteiger partial charge in [0.05, 0.1) is 12.7 Å². The molecule has 0 saturated heterocycles. The molecule has 0 radical (unpaired) electrons. The van der Waals surface area contributed by atoms with Crippen LogP contribution in [0.5, 0.6) is 5.75 Å². The number of urea groups is 1. The van der Waals surface area contributed by atoms with Gasteiger partial charge in [0.25, 0.3) is 0 Å². The van der Waals surface area contributed by atoms with Gasteiger partial charge in [-0.05, 0) is 37.2 Å². The zero-order chi connectivity index (χ0) is 16.7. The van der Waals surface area contributed by atoms with Crippen LogP contribution in [0.3, 0.4) is 0 Å². The first kappa shape index (κ1) is 16.0. The maximum atomic E-state index is 12.9. The van der Waals surface area contributed by atoms with Gasteiger partial charge in [-0.15, -0.1) is 0 Å². The Hall–Kier alpha value is -1.92. The first-order valence-corrected chi connectivity index (χ1v) is 7.60. The molecular weight excluding hydrogens is 309 g/mol. The zero-order valence-electron chi connectivity index (χ0n) is 12.8. The summed E-state index contributed by atoms with van der Waals surface area (Å²) in [5.74, 6) is -0.249. The van der Waals surface area contributed by atoms with Gasteiger partial charge in [-0.25, -0.2) is 4.79 Å². The van der Waals surface area contributed by atoms with Gasteiger partial charge in [-0.3, -0.25) is 0 Å². The second-order valence-electron chi connectivity index (χ2n) is 6.43. The topological polar surface area (TPSA) is 50.4 Å². The van der Waals surface area contributed by atoms with Crippen LogP contribution in [0.2, 0.25) is 0 Å². The Morgan fingerprint density at radius 2 is 2.04 bits per heavy atom. The van der Waals surface area contributed by atoms with Crippen LogP contribution in [0.25, 0.3) is 0 Å². The lowest BCUT2D eigenvalue weighted by Crippen LogP contribution is -2.48. The molecule has 1 aromatic rings. The molecule has 2 amide bonds. The summed E-state index contributed by atoms with van der Waals surface area (Å²) in [6.07, 6.45) is 0.0111. The number of amides is 2.